The van der Waals surface area contributed by atoms with Crippen molar-refractivity contribution in [1.82, 2.24) is 5.32 Å². The SMILES string of the molecule is Cl.NC(N)=Nc1cccc(C(=O)NCC(=O)O)c1. The van der Waals surface area contributed by atoms with Gasteiger partial charge in [-0.3, -0.25) is 9.59 Å². The van der Waals surface area contributed by atoms with Gasteiger partial charge in [0.2, 0.25) is 0 Å². The zero-order valence-corrected chi connectivity index (χ0v) is 10.1. The van der Waals surface area contributed by atoms with E-state index in [1.165, 1.54) is 12.1 Å². The molecule has 0 fully saturated rings. The highest BCUT2D eigenvalue weighted by atomic mass is 35.5. The number of nitrogens with zero attached hydrogens (tertiary/aromatic N) is 1. The molecule has 1 aromatic carbocycles. The highest BCUT2D eigenvalue weighted by molar-refractivity contribution is 5.96. The van der Waals surface area contributed by atoms with Gasteiger partial charge >= 0.3 is 5.97 Å². The van der Waals surface area contributed by atoms with Crippen LogP contribution in [0.25, 0.3) is 0 Å². The molecular formula is C10H13ClN4O3. The van der Waals surface area contributed by atoms with Crippen LogP contribution in [0.15, 0.2) is 29.3 Å². The molecule has 0 aliphatic heterocycles. The maximum Gasteiger partial charge on any atom is 0.322 e. The van der Waals surface area contributed by atoms with E-state index in [0.717, 1.165) is 0 Å². The fourth-order valence-corrected chi connectivity index (χ4v) is 1.12. The first-order valence-electron chi connectivity index (χ1n) is 4.68. The number of carboxylic acid groups (broad SMARTS) is 1. The Hall–Kier alpha value is -2.28. The molecule has 0 aromatic heterocycles. The fraction of sp³-hybridized carbons (Fsp3) is 0.100. The van der Waals surface area contributed by atoms with Crippen LogP contribution in [-0.2, 0) is 4.79 Å². The van der Waals surface area contributed by atoms with Crippen molar-refractivity contribution in [3.05, 3.63) is 29.8 Å². The van der Waals surface area contributed by atoms with Crippen LogP contribution in [0.1, 0.15) is 10.4 Å². The Balaban J connectivity index is 0.00000289. The van der Waals surface area contributed by atoms with E-state index in [1.807, 2.05) is 0 Å². The van der Waals surface area contributed by atoms with Crippen LogP contribution in [0.3, 0.4) is 0 Å². The lowest BCUT2D eigenvalue weighted by atomic mass is 10.2. The summed E-state index contributed by atoms with van der Waals surface area (Å²) in [6, 6.07) is 6.20. The third kappa shape index (κ3) is 5.17. The highest BCUT2D eigenvalue weighted by Gasteiger charge is 2.07. The first-order valence-corrected chi connectivity index (χ1v) is 4.68. The van der Waals surface area contributed by atoms with Crippen molar-refractivity contribution in [3.8, 4) is 0 Å². The minimum Gasteiger partial charge on any atom is -0.480 e. The summed E-state index contributed by atoms with van der Waals surface area (Å²) in [5.74, 6) is -1.73. The second-order valence-electron chi connectivity index (χ2n) is 3.16. The maximum atomic E-state index is 11.5. The zero-order valence-electron chi connectivity index (χ0n) is 9.29. The number of aliphatic imine (C=N–C) groups is 1. The van der Waals surface area contributed by atoms with Gasteiger partial charge in [0.15, 0.2) is 5.96 Å². The molecule has 98 valence electrons. The molecule has 1 rings (SSSR count). The molecule has 18 heavy (non-hydrogen) atoms. The number of hydrogen-bond acceptors (Lipinski definition) is 3. The average Bonchev–Trinajstić information content (AvgIpc) is 2.25. The molecule has 0 aliphatic rings. The normalized spacial score (nSPS) is 8.89. The van der Waals surface area contributed by atoms with E-state index in [1.54, 1.807) is 12.1 Å². The number of carboxylic acids is 1. The van der Waals surface area contributed by atoms with Gasteiger partial charge in [-0.15, -0.1) is 12.4 Å². The third-order valence-corrected chi connectivity index (χ3v) is 1.77. The molecule has 8 heteroatoms. The summed E-state index contributed by atoms with van der Waals surface area (Å²) < 4.78 is 0. The summed E-state index contributed by atoms with van der Waals surface area (Å²) in [5.41, 5.74) is 11.1. The summed E-state index contributed by atoms with van der Waals surface area (Å²) in [4.78, 5) is 25.6. The van der Waals surface area contributed by atoms with Crippen molar-refractivity contribution in [2.24, 2.45) is 16.5 Å². The summed E-state index contributed by atoms with van der Waals surface area (Å²) in [6.07, 6.45) is 0. The Labute approximate surface area is 109 Å². The van der Waals surface area contributed by atoms with Crippen LogP contribution in [0.2, 0.25) is 0 Å². The summed E-state index contributed by atoms with van der Waals surface area (Å²) in [6.45, 7) is -0.439. The van der Waals surface area contributed by atoms with E-state index in [-0.39, 0.29) is 23.9 Å². The van der Waals surface area contributed by atoms with Gasteiger partial charge in [0.05, 0.1) is 5.69 Å². The molecule has 0 radical (unpaired) electrons. The van der Waals surface area contributed by atoms with Gasteiger partial charge in [0, 0.05) is 5.56 Å². The van der Waals surface area contributed by atoms with Crippen molar-refractivity contribution in [1.29, 1.82) is 0 Å². The van der Waals surface area contributed by atoms with E-state index in [9.17, 15) is 9.59 Å². The topological polar surface area (TPSA) is 131 Å². The van der Waals surface area contributed by atoms with Crippen molar-refractivity contribution in [3.63, 3.8) is 0 Å². The molecule has 0 spiro atoms. The summed E-state index contributed by atoms with van der Waals surface area (Å²) in [5, 5.41) is 10.6. The lowest BCUT2D eigenvalue weighted by molar-refractivity contribution is -0.135. The molecule has 0 aliphatic carbocycles. The first-order chi connectivity index (χ1) is 7.99. The number of benzene rings is 1. The van der Waals surface area contributed by atoms with Gasteiger partial charge in [-0.1, -0.05) is 6.07 Å². The number of amides is 1. The molecule has 0 unspecified atom stereocenters. The lowest BCUT2D eigenvalue weighted by Gasteiger charge is -2.03. The molecular weight excluding hydrogens is 260 g/mol. The van der Waals surface area contributed by atoms with Crippen LogP contribution in [0, 0.1) is 0 Å². The smallest absolute Gasteiger partial charge is 0.322 e. The molecule has 1 amide bonds. The molecule has 7 nitrogen and oxygen atoms in total. The van der Waals surface area contributed by atoms with E-state index < -0.39 is 18.4 Å². The van der Waals surface area contributed by atoms with Crippen LogP contribution >= 0.6 is 12.4 Å². The monoisotopic (exact) mass is 272 g/mol. The standard InChI is InChI=1S/C10H12N4O3.ClH/c11-10(12)14-7-3-1-2-6(4-7)9(17)13-5-8(15)16;/h1-4H,5H2,(H,13,17)(H,15,16)(H4,11,12,14);1H. The zero-order chi connectivity index (χ0) is 12.8. The Morgan fingerprint density at radius 2 is 2.00 bits per heavy atom. The van der Waals surface area contributed by atoms with E-state index >= 15 is 0 Å². The number of rotatable bonds is 4. The number of guanidine groups is 1. The van der Waals surface area contributed by atoms with Gasteiger partial charge in [0.25, 0.3) is 5.91 Å². The lowest BCUT2D eigenvalue weighted by Crippen LogP contribution is -2.29. The van der Waals surface area contributed by atoms with Crippen LogP contribution < -0.4 is 16.8 Å². The van der Waals surface area contributed by atoms with E-state index in [0.29, 0.717) is 5.69 Å². The van der Waals surface area contributed by atoms with Crippen molar-refractivity contribution < 1.29 is 14.7 Å². The Morgan fingerprint density at radius 1 is 1.33 bits per heavy atom. The number of nitrogens with one attached hydrogen (secondary N) is 1. The largest absolute Gasteiger partial charge is 0.480 e. The molecule has 0 heterocycles. The number of nitrogens with two attached hydrogens (primary N) is 2. The van der Waals surface area contributed by atoms with Crippen LogP contribution in [-0.4, -0.2) is 29.5 Å². The number of aliphatic carboxylic acids is 1. The van der Waals surface area contributed by atoms with E-state index in [4.69, 9.17) is 16.6 Å². The predicted octanol–water partition coefficient (Wildman–Crippen LogP) is -0.172. The second-order valence-corrected chi connectivity index (χ2v) is 3.16. The highest BCUT2D eigenvalue weighted by Crippen LogP contribution is 2.13. The summed E-state index contributed by atoms with van der Waals surface area (Å²) in [7, 11) is 0. The number of carbonyl (C=O) groups excluding carboxylic acids is 1. The number of hydrogen-bond donors (Lipinski definition) is 4. The molecule has 0 saturated carbocycles. The van der Waals surface area contributed by atoms with E-state index in [2.05, 4.69) is 10.3 Å². The minimum absolute atomic E-state index is 0. The van der Waals surface area contributed by atoms with Crippen molar-refractivity contribution in [2.75, 3.05) is 6.54 Å². The predicted molar refractivity (Wildman–Crippen MR) is 69.1 cm³/mol. The Bertz CT molecular complexity index is 472. The molecule has 0 saturated heterocycles. The van der Waals surface area contributed by atoms with Gasteiger partial charge in [0.1, 0.15) is 6.54 Å². The maximum absolute atomic E-state index is 11.5. The molecule has 0 atom stereocenters. The average molecular weight is 273 g/mol. The minimum atomic E-state index is -1.11. The van der Waals surface area contributed by atoms with Crippen molar-refractivity contribution >= 4 is 35.9 Å². The number of halogens is 1. The van der Waals surface area contributed by atoms with Crippen molar-refractivity contribution in [2.45, 2.75) is 0 Å². The third-order valence-electron chi connectivity index (χ3n) is 1.77. The molecule has 6 N–H and O–H groups in total. The van der Waals surface area contributed by atoms with Gasteiger partial charge in [-0.05, 0) is 18.2 Å². The Kier molecular flexibility index (Phi) is 6.22. The number of carbonyl (C=O) groups is 2. The first kappa shape index (κ1) is 15.7. The summed E-state index contributed by atoms with van der Waals surface area (Å²) >= 11 is 0. The van der Waals surface area contributed by atoms with Crippen LogP contribution in [0.4, 0.5) is 5.69 Å². The van der Waals surface area contributed by atoms with Crippen LogP contribution in [0.5, 0.6) is 0 Å². The van der Waals surface area contributed by atoms with Gasteiger partial charge in [-0.25, -0.2) is 4.99 Å². The second kappa shape index (κ2) is 7.13. The van der Waals surface area contributed by atoms with Gasteiger partial charge in [-0.2, -0.15) is 0 Å². The molecule has 0 bridgehead atoms. The molecule has 1 aromatic rings. The fourth-order valence-electron chi connectivity index (χ4n) is 1.12. The quantitative estimate of drug-likeness (QED) is 0.446. The van der Waals surface area contributed by atoms with Gasteiger partial charge < -0.3 is 21.9 Å². The Morgan fingerprint density at radius 3 is 2.56 bits per heavy atom.